The van der Waals surface area contributed by atoms with Crippen molar-refractivity contribution in [3.8, 4) is 17.2 Å². The first-order valence-corrected chi connectivity index (χ1v) is 11.2. The Balaban J connectivity index is 1.39. The Labute approximate surface area is 183 Å². The number of nitrogens with two attached hydrogens (primary N) is 1. The number of methoxy groups -OCH3 is 1. The lowest BCUT2D eigenvalue weighted by Gasteiger charge is -2.15. The maximum Gasteiger partial charge on any atom is 0.194 e. The second-order valence-corrected chi connectivity index (χ2v) is 8.31. The first-order valence-electron chi connectivity index (χ1n) is 11.2. The molecule has 1 heterocycles. The molecule has 0 amide bonds. The minimum absolute atomic E-state index is 0.255. The van der Waals surface area contributed by atoms with E-state index < -0.39 is 0 Å². The van der Waals surface area contributed by atoms with Crippen molar-refractivity contribution in [3.63, 3.8) is 0 Å². The molecule has 3 aromatic rings. The van der Waals surface area contributed by atoms with Crippen LogP contribution in [0.3, 0.4) is 0 Å². The molecule has 1 aromatic heterocycles. The van der Waals surface area contributed by atoms with E-state index in [2.05, 4.69) is 39.9 Å². The molecule has 0 saturated heterocycles. The Bertz CT molecular complexity index is 962. The smallest absolute Gasteiger partial charge is 0.194 e. The topological polar surface area (TPSA) is 78.7 Å². The summed E-state index contributed by atoms with van der Waals surface area (Å²) in [6, 6.07) is 15.0. The van der Waals surface area contributed by atoms with Gasteiger partial charge in [-0.05, 0) is 73.4 Å². The monoisotopic (exact) mass is 422 g/mol. The summed E-state index contributed by atoms with van der Waals surface area (Å²) < 4.78 is 13.3. The van der Waals surface area contributed by atoms with Gasteiger partial charge in [0.1, 0.15) is 6.54 Å². The minimum Gasteiger partial charge on any atom is -0.493 e. The summed E-state index contributed by atoms with van der Waals surface area (Å²) in [6.07, 6.45) is 8.15. The summed E-state index contributed by atoms with van der Waals surface area (Å²) >= 11 is 0. The number of quaternary nitrogens is 1. The van der Waals surface area contributed by atoms with Gasteiger partial charge in [-0.1, -0.05) is 30.5 Å². The van der Waals surface area contributed by atoms with Crippen molar-refractivity contribution in [2.45, 2.75) is 64.6 Å². The van der Waals surface area contributed by atoms with Crippen molar-refractivity contribution >= 4 is 0 Å². The fourth-order valence-electron chi connectivity index (χ4n) is 4.13. The minimum atomic E-state index is 0.255. The molecule has 164 valence electrons. The molecule has 0 spiro atoms. The van der Waals surface area contributed by atoms with Gasteiger partial charge in [0.25, 0.3) is 0 Å². The zero-order valence-electron chi connectivity index (χ0n) is 18.5. The number of hydrogen-bond donors (Lipinski definition) is 1. The lowest BCUT2D eigenvalue weighted by molar-refractivity contribution is -0.705. The van der Waals surface area contributed by atoms with E-state index >= 15 is 0 Å². The van der Waals surface area contributed by atoms with Crippen LogP contribution in [-0.2, 0) is 13.2 Å². The first-order chi connectivity index (χ1) is 15.2. The van der Waals surface area contributed by atoms with Gasteiger partial charge in [-0.15, -0.1) is 5.10 Å². The lowest BCUT2D eigenvalue weighted by Crippen LogP contribution is -2.88. The molecule has 7 nitrogen and oxygen atoms in total. The third-order valence-corrected chi connectivity index (χ3v) is 5.98. The number of benzene rings is 2. The molecule has 31 heavy (non-hydrogen) atoms. The van der Waals surface area contributed by atoms with Crippen molar-refractivity contribution in [1.29, 1.82) is 0 Å². The highest BCUT2D eigenvalue weighted by Crippen LogP contribution is 2.28. The zero-order valence-corrected chi connectivity index (χ0v) is 18.5. The van der Waals surface area contributed by atoms with Gasteiger partial charge in [-0.2, -0.15) is 4.68 Å². The molecule has 7 heteroatoms. The highest BCUT2D eigenvalue weighted by molar-refractivity contribution is 5.43. The van der Waals surface area contributed by atoms with E-state index in [9.17, 15) is 0 Å². The van der Waals surface area contributed by atoms with Gasteiger partial charge in [0.05, 0.1) is 18.8 Å². The van der Waals surface area contributed by atoms with E-state index in [0.717, 1.165) is 24.0 Å². The summed E-state index contributed by atoms with van der Waals surface area (Å²) in [5.74, 6) is 2.07. The van der Waals surface area contributed by atoms with Crippen LogP contribution in [0.2, 0.25) is 0 Å². The summed E-state index contributed by atoms with van der Waals surface area (Å²) in [5, 5.41) is 14.5. The van der Waals surface area contributed by atoms with E-state index in [1.807, 2.05) is 30.3 Å². The number of aryl methyl sites for hydroxylation is 1. The first kappa shape index (κ1) is 21.3. The molecule has 1 aliphatic carbocycles. The molecule has 0 unspecified atom stereocenters. The third kappa shape index (κ3) is 5.61. The molecular formula is C24H32N5O2+. The van der Waals surface area contributed by atoms with Gasteiger partial charge in [0.2, 0.25) is 0 Å². The lowest BCUT2D eigenvalue weighted by atomic mass is 10.1. The Morgan fingerprint density at radius 1 is 1.00 bits per heavy atom. The van der Waals surface area contributed by atoms with Crippen molar-refractivity contribution in [3.05, 3.63) is 59.4 Å². The molecule has 0 atom stereocenters. The molecule has 1 fully saturated rings. The van der Waals surface area contributed by atoms with Crippen molar-refractivity contribution in [2.24, 2.45) is 0 Å². The van der Waals surface area contributed by atoms with Crippen LogP contribution in [0.5, 0.6) is 11.5 Å². The maximum absolute atomic E-state index is 6.03. The summed E-state index contributed by atoms with van der Waals surface area (Å²) in [6.45, 7) is 3.27. The Morgan fingerprint density at radius 2 is 1.77 bits per heavy atom. The molecule has 4 rings (SSSR count). The van der Waals surface area contributed by atoms with E-state index in [1.54, 1.807) is 11.8 Å². The molecule has 2 aromatic carbocycles. The van der Waals surface area contributed by atoms with Gasteiger partial charge in [0.15, 0.2) is 23.9 Å². The molecule has 1 saturated carbocycles. The predicted molar refractivity (Wildman–Crippen MR) is 118 cm³/mol. The Kier molecular flexibility index (Phi) is 7.14. The van der Waals surface area contributed by atoms with Crippen molar-refractivity contribution in [2.75, 3.05) is 7.11 Å². The van der Waals surface area contributed by atoms with Crippen molar-refractivity contribution in [1.82, 2.24) is 20.2 Å². The summed E-state index contributed by atoms with van der Waals surface area (Å²) in [7, 11) is 1.68. The molecule has 2 N–H and O–H groups in total. The van der Waals surface area contributed by atoms with Gasteiger partial charge in [-0.3, -0.25) is 0 Å². The fraction of sp³-hybridized carbons (Fsp3) is 0.458. The Hall–Kier alpha value is -2.93. The van der Waals surface area contributed by atoms with E-state index in [1.165, 1.54) is 49.7 Å². The Morgan fingerprint density at radius 3 is 2.52 bits per heavy atom. The van der Waals surface area contributed by atoms with Crippen LogP contribution in [0.25, 0.3) is 5.69 Å². The van der Waals surface area contributed by atoms with Crippen LogP contribution in [-0.4, -0.2) is 33.4 Å². The summed E-state index contributed by atoms with van der Waals surface area (Å²) in [4.78, 5) is 0. The average molecular weight is 423 g/mol. The van der Waals surface area contributed by atoms with Crippen LogP contribution in [0.1, 0.15) is 55.5 Å². The number of tetrazole rings is 1. The zero-order chi connectivity index (χ0) is 21.5. The number of hydrogen-bond acceptors (Lipinski definition) is 5. The van der Waals surface area contributed by atoms with Gasteiger partial charge in [-0.25, -0.2) is 0 Å². The van der Waals surface area contributed by atoms with E-state index in [4.69, 9.17) is 9.47 Å². The van der Waals surface area contributed by atoms with Gasteiger partial charge in [0, 0.05) is 5.56 Å². The number of aromatic nitrogens is 4. The predicted octanol–water partition coefficient (Wildman–Crippen LogP) is 3.34. The van der Waals surface area contributed by atoms with Crippen LogP contribution in [0.15, 0.2) is 42.5 Å². The van der Waals surface area contributed by atoms with Crippen LogP contribution >= 0.6 is 0 Å². The SMILES string of the molecule is COc1cc(C[NH2+]C2CCCCCC2)ccc1OCc1nnnn1-c1ccc(C)cc1. The fourth-order valence-corrected chi connectivity index (χ4v) is 4.13. The highest BCUT2D eigenvalue weighted by Gasteiger charge is 2.16. The molecule has 1 aliphatic rings. The maximum atomic E-state index is 6.03. The van der Waals surface area contributed by atoms with Crippen molar-refractivity contribution < 1.29 is 14.8 Å². The normalized spacial score (nSPS) is 14.9. The van der Waals surface area contributed by atoms with Crippen LogP contribution in [0.4, 0.5) is 0 Å². The number of nitrogens with zero attached hydrogens (tertiary/aromatic N) is 4. The van der Waals surface area contributed by atoms with E-state index in [0.29, 0.717) is 11.6 Å². The molecule has 0 aliphatic heterocycles. The quantitative estimate of drug-likeness (QED) is 0.563. The summed E-state index contributed by atoms with van der Waals surface area (Å²) in [5.41, 5.74) is 3.35. The molecular weight excluding hydrogens is 390 g/mol. The van der Waals surface area contributed by atoms with E-state index in [-0.39, 0.29) is 6.61 Å². The average Bonchev–Trinajstić information content (AvgIpc) is 3.11. The largest absolute Gasteiger partial charge is 0.493 e. The van der Waals surface area contributed by atoms with Crippen LogP contribution < -0.4 is 14.8 Å². The second-order valence-electron chi connectivity index (χ2n) is 8.31. The highest BCUT2D eigenvalue weighted by atomic mass is 16.5. The van der Waals surface area contributed by atoms with Gasteiger partial charge >= 0.3 is 0 Å². The number of rotatable bonds is 8. The van der Waals surface area contributed by atoms with Gasteiger partial charge < -0.3 is 14.8 Å². The molecule has 0 bridgehead atoms. The van der Waals surface area contributed by atoms with Crippen LogP contribution in [0, 0.1) is 6.92 Å². The second kappa shape index (κ2) is 10.4. The number of ether oxygens (including phenoxy) is 2. The molecule has 0 radical (unpaired) electrons. The standard InChI is InChI=1S/C24H31N5O2/c1-18-9-12-21(13-10-18)29-24(26-27-28-29)17-31-22-14-11-19(15-23(22)30-2)16-25-20-7-5-3-4-6-8-20/h9-15,20,25H,3-8,16-17H2,1-2H3/p+1. The third-order valence-electron chi connectivity index (χ3n) is 5.98.